The number of halogens is 5. The molecule has 0 unspecified atom stereocenters. The van der Waals surface area contributed by atoms with Crippen molar-refractivity contribution in [3.05, 3.63) is 68.6 Å². The molecule has 3 heterocycles. The maximum Gasteiger partial charge on any atom is 0.417 e. The van der Waals surface area contributed by atoms with Gasteiger partial charge in [-0.2, -0.15) is 23.4 Å². The molecule has 0 spiro atoms. The van der Waals surface area contributed by atoms with E-state index in [-0.39, 0.29) is 29.2 Å². The topological polar surface area (TPSA) is 77.6 Å². The third-order valence-electron chi connectivity index (χ3n) is 6.08. The SMILES string of the molecule is Cc1nn(CC(=O)Nc2cc(C)n(Cc3ccc(Cl)cc3Cl)n2)c2nc(C3CC3)cc(C(F)(F)F)c12. The Hall–Kier alpha value is -3.11. The molecule has 1 aliphatic carbocycles. The summed E-state index contributed by atoms with van der Waals surface area (Å²) in [6.07, 6.45) is -2.96. The number of benzene rings is 1. The first-order chi connectivity index (χ1) is 17.0. The Morgan fingerprint density at radius 3 is 2.53 bits per heavy atom. The second kappa shape index (κ2) is 9.08. The number of anilines is 1. The average Bonchev–Trinajstić information content (AvgIpc) is 3.52. The van der Waals surface area contributed by atoms with Gasteiger partial charge in [0.05, 0.1) is 23.2 Å². The number of carbonyl (C=O) groups is 1. The lowest BCUT2D eigenvalue weighted by Gasteiger charge is -2.11. The molecule has 1 fully saturated rings. The highest BCUT2D eigenvalue weighted by Crippen LogP contribution is 2.43. The Kier molecular flexibility index (Phi) is 6.20. The number of aryl methyl sites for hydroxylation is 2. The van der Waals surface area contributed by atoms with Gasteiger partial charge in [0, 0.05) is 33.4 Å². The minimum atomic E-state index is -4.55. The van der Waals surface area contributed by atoms with E-state index in [2.05, 4.69) is 20.5 Å². The van der Waals surface area contributed by atoms with Gasteiger partial charge in [-0.25, -0.2) is 9.67 Å². The number of hydrogen-bond acceptors (Lipinski definition) is 4. The highest BCUT2D eigenvalue weighted by molar-refractivity contribution is 6.35. The summed E-state index contributed by atoms with van der Waals surface area (Å²) in [6, 6.07) is 7.98. The molecule has 5 rings (SSSR count). The van der Waals surface area contributed by atoms with E-state index in [4.69, 9.17) is 23.2 Å². The molecule has 1 N–H and O–H groups in total. The van der Waals surface area contributed by atoms with Crippen molar-refractivity contribution in [1.29, 1.82) is 0 Å². The zero-order valence-electron chi connectivity index (χ0n) is 19.3. The minimum absolute atomic E-state index is 0.00839. The van der Waals surface area contributed by atoms with Crippen molar-refractivity contribution in [3.8, 4) is 0 Å². The number of pyridine rings is 1. The molecule has 4 aromatic rings. The Bertz CT molecular complexity index is 1490. The summed E-state index contributed by atoms with van der Waals surface area (Å²) in [5, 5.41) is 12.2. The molecule has 3 aromatic heterocycles. The van der Waals surface area contributed by atoms with Gasteiger partial charge < -0.3 is 5.32 Å². The van der Waals surface area contributed by atoms with Crippen LogP contribution in [0.5, 0.6) is 0 Å². The summed E-state index contributed by atoms with van der Waals surface area (Å²) in [4.78, 5) is 17.3. The molecule has 188 valence electrons. The van der Waals surface area contributed by atoms with Crippen LogP contribution in [0.15, 0.2) is 30.3 Å². The number of rotatable bonds is 6. The van der Waals surface area contributed by atoms with E-state index >= 15 is 0 Å². The molecule has 36 heavy (non-hydrogen) atoms. The molecule has 7 nitrogen and oxygen atoms in total. The molecule has 0 saturated heterocycles. The summed E-state index contributed by atoms with van der Waals surface area (Å²) in [6.45, 7) is 3.38. The third-order valence-corrected chi connectivity index (χ3v) is 6.66. The minimum Gasteiger partial charge on any atom is -0.308 e. The lowest BCUT2D eigenvalue weighted by atomic mass is 10.1. The number of carbonyl (C=O) groups excluding carboxylic acids is 1. The van der Waals surface area contributed by atoms with Crippen LogP contribution < -0.4 is 5.32 Å². The Morgan fingerprint density at radius 1 is 1.11 bits per heavy atom. The van der Waals surface area contributed by atoms with Crippen LogP contribution in [0.3, 0.4) is 0 Å². The second-order valence-corrected chi connectivity index (χ2v) is 9.76. The van der Waals surface area contributed by atoms with Crippen molar-refractivity contribution < 1.29 is 18.0 Å². The van der Waals surface area contributed by atoms with Crippen LogP contribution in [-0.4, -0.2) is 30.5 Å². The highest BCUT2D eigenvalue weighted by atomic mass is 35.5. The Morgan fingerprint density at radius 2 is 1.86 bits per heavy atom. The predicted molar refractivity (Wildman–Crippen MR) is 130 cm³/mol. The van der Waals surface area contributed by atoms with Gasteiger partial charge in [-0.15, -0.1) is 0 Å². The zero-order chi connectivity index (χ0) is 25.8. The van der Waals surface area contributed by atoms with Gasteiger partial charge in [0.15, 0.2) is 11.5 Å². The Labute approximate surface area is 214 Å². The van der Waals surface area contributed by atoms with Crippen molar-refractivity contribution in [2.75, 3.05) is 5.32 Å². The molecular weight excluding hydrogens is 516 g/mol. The summed E-state index contributed by atoms with van der Waals surface area (Å²) in [7, 11) is 0. The van der Waals surface area contributed by atoms with Crippen molar-refractivity contribution in [2.24, 2.45) is 0 Å². The first-order valence-corrected chi connectivity index (χ1v) is 12.0. The molecule has 1 saturated carbocycles. The molecule has 0 atom stereocenters. The van der Waals surface area contributed by atoms with Crippen LogP contribution in [0, 0.1) is 13.8 Å². The van der Waals surface area contributed by atoms with Gasteiger partial charge >= 0.3 is 6.18 Å². The highest BCUT2D eigenvalue weighted by Gasteiger charge is 2.37. The molecule has 0 aliphatic heterocycles. The number of nitrogens with one attached hydrogen (secondary N) is 1. The molecular formula is C24H21Cl2F3N6O. The fraction of sp³-hybridized carbons (Fsp3) is 0.333. The van der Waals surface area contributed by atoms with Crippen molar-refractivity contribution in [3.63, 3.8) is 0 Å². The number of nitrogens with zero attached hydrogens (tertiary/aromatic N) is 5. The largest absolute Gasteiger partial charge is 0.417 e. The summed E-state index contributed by atoms with van der Waals surface area (Å²) >= 11 is 12.2. The predicted octanol–water partition coefficient (Wildman–Crippen LogP) is 6.13. The average molecular weight is 537 g/mol. The molecule has 0 bridgehead atoms. The van der Waals surface area contributed by atoms with Crippen LogP contribution in [0.25, 0.3) is 11.0 Å². The van der Waals surface area contributed by atoms with E-state index < -0.39 is 17.6 Å². The maximum atomic E-state index is 13.8. The van der Waals surface area contributed by atoms with E-state index in [1.807, 2.05) is 6.92 Å². The molecule has 1 amide bonds. The monoisotopic (exact) mass is 536 g/mol. The number of amides is 1. The van der Waals surface area contributed by atoms with Crippen LogP contribution in [0.2, 0.25) is 10.0 Å². The fourth-order valence-electron chi connectivity index (χ4n) is 4.16. The first-order valence-electron chi connectivity index (χ1n) is 11.2. The van der Waals surface area contributed by atoms with Crippen LogP contribution in [0.4, 0.5) is 19.0 Å². The molecule has 0 radical (unpaired) electrons. The third kappa shape index (κ3) is 4.92. The van der Waals surface area contributed by atoms with Gasteiger partial charge in [-0.05, 0) is 50.5 Å². The van der Waals surface area contributed by atoms with E-state index in [1.165, 1.54) is 11.6 Å². The quantitative estimate of drug-likeness (QED) is 0.321. The van der Waals surface area contributed by atoms with Gasteiger partial charge in [-0.1, -0.05) is 29.3 Å². The normalized spacial score (nSPS) is 14.0. The standard InChI is InChI=1S/C24H21Cl2F3N6O/c1-12-7-20(33-34(12)10-15-5-6-16(25)8-18(15)26)31-21(36)11-35-23-22(13(2)32-35)17(24(27,28)29)9-19(30-23)14-3-4-14/h5-9,14H,3-4,10-11H2,1-2H3,(H,31,33,36). The number of aromatic nitrogens is 5. The van der Waals surface area contributed by atoms with E-state index in [1.54, 1.807) is 28.9 Å². The summed E-state index contributed by atoms with van der Waals surface area (Å²) in [5.74, 6) is -0.173. The Balaban J connectivity index is 1.38. The van der Waals surface area contributed by atoms with Crippen molar-refractivity contribution in [1.82, 2.24) is 24.5 Å². The summed E-state index contributed by atoms with van der Waals surface area (Å²) < 4.78 is 44.3. The number of fused-ring (bicyclic) bond motifs is 1. The fourth-order valence-corrected chi connectivity index (χ4v) is 4.62. The van der Waals surface area contributed by atoms with Crippen LogP contribution in [0.1, 0.15) is 47.0 Å². The van der Waals surface area contributed by atoms with E-state index in [9.17, 15) is 18.0 Å². The number of hydrogen-bond donors (Lipinski definition) is 1. The van der Waals surface area contributed by atoms with Gasteiger partial charge in [0.25, 0.3) is 0 Å². The zero-order valence-corrected chi connectivity index (χ0v) is 20.8. The smallest absolute Gasteiger partial charge is 0.308 e. The summed E-state index contributed by atoms with van der Waals surface area (Å²) in [5.41, 5.74) is 1.42. The lowest BCUT2D eigenvalue weighted by molar-refractivity contribution is -0.136. The molecule has 1 aliphatic rings. The van der Waals surface area contributed by atoms with Crippen LogP contribution >= 0.6 is 23.2 Å². The lowest BCUT2D eigenvalue weighted by Crippen LogP contribution is -2.20. The first kappa shape index (κ1) is 24.6. The number of alkyl halides is 3. The van der Waals surface area contributed by atoms with Crippen molar-refractivity contribution in [2.45, 2.75) is 51.9 Å². The molecule has 12 heteroatoms. The van der Waals surface area contributed by atoms with E-state index in [0.717, 1.165) is 30.2 Å². The van der Waals surface area contributed by atoms with Gasteiger partial charge in [0.2, 0.25) is 5.91 Å². The van der Waals surface area contributed by atoms with Crippen molar-refractivity contribution >= 4 is 46.0 Å². The van der Waals surface area contributed by atoms with Gasteiger partial charge in [0.1, 0.15) is 6.54 Å². The van der Waals surface area contributed by atoms with Gasteiger partial charge in [-0.3, -0.25) is 9.48 Å². The second-order valence-electron chi connectivity index (χ2n) is 8.92. The van der Waals surface area contributed by atoms with Crippen LogP contribution in [-0.2, 0) is 24.1 Å². The maximum absolute atomic E-state index is 13.8. The molecule has 1 aromatic carbocycles. The van der Waals surface area contributed by atoms with E-state index in [0.29, 0.717) is 28.1 Å².